The van der Waals surface area contributed by atoms with Crippen LogP contribution in [0.25, 0.3) is 0 Å². The van der Waals surface area contributed by atoms with E-state index in [0.29, 0.717) is 5.82 Å². The number of nitrogens with two attached hydrogens (primary N) is 1. The summed E-state index contributed by atoms with van der Waals surface area (Å²) in [5, 5.41) is 0. The van der Waals surface area contributed by atoms with Gasteiger partial charge in [-0.3, -0.25) is 4.90 Å². The molecule has 4 nitrogen and oxygen atoms in total. The van der Waals surface area contributed by atoms with Crippen molar-refractivity contribution in [2.24, 2.45) is 0 Å². The van der Waals surface area contributed by atoms with Gasteiger partial charge in [-0.1, -0.05) is 24.3 Å². The molecule has 2 aromatic rings. The van der Waals surface area contributed by atoms with Crippen LogP contribution in [-0.4, -0.2) is 21.4 Å². The highest BCUT2D eigenvalue weighted by Crippen LogP contribution is 2.19. The van der Waals surface area contributed by atoms with Crippen LogP contribution in [0.1, 0.15) is 29.1 Å². The molecule has 1 aliphatic rings. The van der Waals surface area contributed by atoms with Gasteiger partial charge in [0, 0.05) is 18.3 Å². The molecule has 2 heterocycles. The molecule has 0 saturated carbocycles. The van der Waals surface area contributed by atoms with Crippen molar-refractivity contribution in [3.8, 4) is 0 Å². The highest BCUT2D eigenvalue weighted by molar-refractivity contribution is 5.30. The average molecular weight is 268 g/mol. The largest absolute Gasteiger partial charge is 0.384 e. The molecule has 0 radical (unpaired) electrons. The topological polar surface area (TPSA) is 55.0 Å². The maximum Gasteiger partial charge on any atom is 0.144 e. The predicted molar refractivity (Wildman–Crippen MR) is 80.1 cm³/mol. The second-order valence-corrected chi connectivity index (χ2v) is 5.43. The smallest absolute Gasteiger partial charge is 0.144 e. The van der Waals surface area contributed by atoms with Crippen LogP contribution < -0.4 is 5.73 Å². The zero-order chi connectivity index (χ0) is 13.9. The third-order valence-electron chi connectivity index (χ3n) is 3.72. The minimum atomic E-state index is 0.558. The summed E-state index contributed by atoms with van der Waals surface area (Å²) in [5.74, 6) is 1.38. The normalized spacial score (nSPS) is 15.7. The first-order valence-electron chi connectivity index (χ1n) is 7.10. The molecule has 0 spiro atoms. The quantitative estimate of drug-likeness (QED) is 0.908. The van der Waals surface area contributed by atoms with Gasteiger partial charge in [0.1, 0.15) is 11.6 Å². The van der Waals surface area contributed by atoms with Crippen LogP contribution in [0.5, 0.6) is 0 Å². The summed E-state index contributed by atoms with van der Waals surface area (Å²) in [7, 11) is 0. The Morgan fingerprint density at radius 2 is 2.00 bits per heavy atom. The highest BCUT2D eigenvalue weighted by atomic mass is 15.1. The van der Waals surface area contributed by atoms with Gasteiger partial charge in [-0.15, -0.1) is 0 Å². The summed E-state index contributed by atoms with van der Waals surface area (Å²) in [5.41, 5.74) is 9.63. The fourth-order valence-electron chi connectivity index (χ4n) is 2.83. The Kier molecular flexibility index (Phi) is 3.65. The number of nitrogen functional groups attached to an aromatic ring is 1. The minimum absolute atomic E-state index is 0.558. The van der Waals surface area contributed by atoms with Gasteiger partial charge in [0.2, 0.25) is 0 Å². The van der Waals surface area contributed by atoms with Crippen LogP contribution in [0.2, 0.25) is 0 Å². The second-order valence-electron chi connectivity index (χ2n) is 5.43. The van der Waals surface area contributed by atoms with Gasteiger partial charge in [-0.25, -0.2) is 9.97 Å². The third-order valence-corrected chi connectivity index (χ3v) is 3.72. The first-order valence-corrected chi connectivity index (χ1v) is 7.10. The van der Waals surface area contributed by atoms with Crippen molar-refractivity contribution in [1.82, 2.24) is 14.9 Å². The highest BCUT2D eigenvalue weighted by Gasteiger charge is 2.15. The Bertz CT molecular complexity index is 589. The molecule has 0 atom stereocenters. The first kappa shape index (κ1) is 13.1. The molecule has 0 unspecified atom stereocenters. The predicted octanol–water partition coefficient (Wildman–Crippen LogP) is 2.32. The van der Waals surface area contributed by atoms with Gasteiger partial charge in [0.05, 0.1) is 6.54 Å². The Hall–Kier alpha value is -1.94. The summed E-state index contributed by atoms with van der Waals surface area (Å²) in [6.07, 6.45) is 2.34. The van der Waals surface area contributed by atoms with Gasteiger partial charge in [-0.2, -0.15) is 0 Å². The van der Waals surface area contributed by atoms with Crippen molar-refractivity contribution in [1.29, 1.82) is 0 Å². The van der Waals surface area contributed by atoms with E-state index in [2.05, 4.69) is 39.1 Å². The number of rotatable bonds is 2. The summed E-state index contributed by atoms with van der Waals surface area (Å²) < 4.78 is 0. The van der Waals surface area contributed by atoms with Crippen molar-refractivity contribution in [2.75, 3.05) is 12.3 Å². The Labute approximate surface area is 119 Å². The molecule has 4 heteroatoms. The van der Waals surface area contributed by atoms with E-state index in [1.807, 2.05) is 6.92 Å². The van der Waals surface area contributed by atoms with Gasteiger partial charge < -0.3 is 5.73 Å². The Morgan fingerprint density at radius 1 is 1.20 bits per heavy atom. The van der Waals surface area contributed by atoms with Crippen LogP contribution in [0.4, 0.5) is 5.82 Å². The fourth-order valence-corrected chi connectivity index (χ4v) is 2.83. The van der Waals surface area contributed by atoms with E-state index in [-0.39, 0.29) is 0 Å². The summed E-state index contributed by atoms with van der Waals surface area (Å²) in [6.45, 7) is 4.76. The molecule has 1 aromatic carbocycles. The van der Waals surface area contributed by atoms with Gasteiger partial charge in [0.25, 0.3) is 0 Å². The van der Waals surface area contributed by atoms with Crippen molar-refractivity contribution in [2.45, 2.75) is 32.9 Å². The van der Waals surface area contributed by atoms with Crippen LogP contribution >= 0.6 is 0 Å². The summed E-state index contributed by atoms with van der Waals surface area (Å²) in [6, 6.07) is 10.5. The van der Waals surface area contributed by atoms with Crippen LogP contribution in [0.3, 0.4) is 0 Å². The zero-order valence-corrected chi connectivity index (χ0v) is 11.8. The second kappa shape index (κ2) is 5.59. The molecule has 1 aliphatic heterocycles. The Morgan fingerprint density at radius 3 is 2.80 bits per heavy atom. The number of aromatic nitrogens is 2. The number of aryl methyl sites for hydroxylation is 2. The summed E-state index contributed by atoms with van der Waals surface area (Å²) in [4.78, 5) is 11.2. The van der Waals surface area contributed by atoms with E-state index >= 15 is 0 Å². The molecular formula is C16H20N4. The lowest BCUT2D eigenvalue weighted by molar-refractivity contribution is 0.254. The number of hydrogen-bond acceptors (Lipinski definition) is 4. The zero-order valence-electron chi connectivity index (χ0n) is 11.8. The SMILES string of the molecule is Cc1cc(N)nc(CN2CCCc3ccccc3C2)n1. The fraction of sp³-hybridized carbons (Fsp3) is 0.375. The molecule has 1 aromatic heterocycles. The van der Waals surface area contributed by atoms with Gasteiger partial charge in [0.15, 0.2) is 0 Å². The van der Waals surface area contributed by atoms with Crippen molar-refractivity contribution in [3.63, 3.8) is 0 Å². The van der Waals surface area contributed by atoms with Crippen LogP contribution in [0.15, 0.2) is 30.3 Å². The number of fused-ring (bicyclic) bond motifs is 1. The average Bonchev–Trinajstić information content (AvgIpc) is 2.59. The van der Waals surface area contributed by atoms with E-state index in [1.54, 1.807) is 6.07 Å². The third kappa shape index (κ3) is 2.96. The van der Waals surface area contributed by atoms with Gasteiger partial charge >= 0.3 is 0 Å². The van der Waals surface area contributed by atoms with E-state index < -0.39 is 0 Å². The number of anilines is 1. The molecule has 3 rings (SSSR count). The minimum Gasteiger partial charge on any atom is -0.384 e. The molecule has 20 heavy (non-hydrogen) atoms. The van der Waals surface area contributed by atoms with E-state index in [1.165, 1.54) is 17.5 Å². The standard InChI is InChI=1S/C16H20N4/c1-12-9-15(17)19-16(18-12)11-20-8-4-7-13-5-2-3-6-14(13)10-20/h2-3,5-6,9H,4,7-8,10-11H2,1H3,(H2,17,18,19). The molecule has 2 N–H and O–H groups in total. The van der Waals surface area contributed by atoms with Crippen molar-refractivity contribution >= 4 is 5.82 Å². The van der Waals surface area contributed by atoms with Crippen LogP contribution in [-0.2, 0) is 19.5 Å². The Balaban J connectivity index is 1.78. The molecular weight excluding hydrogens is 248 g/mol. The molecule has 0 saturated heterocycles. The molecule has 0 fully saturated rings. The molecule has 0 bridgehead atoms. The van der Waals surface area contributed by atoms with Gasteiger partial charge in [-0.05, 0) is 37.4 Å². The number of benzene rings is 1. The van der Waals surface area contributed by atoms with Crippen LogP contribution in [0, 0.1) is 6.92 Å². The lowest BCUT2D eigenvalue weighted by Crippen LogP contribution is -2.24. The first-order chi connectivity index (χ1) is 9.70. The van der Waals surface area contributed by atoms with Crippen molar-refractivity contribution < 1.29 is 0 Å². The maximum atomic E-state index is 5.80. The lowest BCUT2D eigenvalue weighted by Gasteiger charge is -2.19. The molecule has 0 amide bonds. The number of hydrogen-bond donors (Lipinski definition) is 1. The summed E-state index contributed by atoms with van der Waals surface area (Å²) >= 11 is 0. The maximum absolute atomic E-state index is 5.80. The monoisotopic (exact) mass is 268 g/mol. The molecule has 0 aliphatic carbocycles. The van der Waals surface area contributed by atoms with E-state index in [0.717, 1.165) is 37.6 Å². The number of nitrogens with zero attached hydrogens (tertiary/aromatic N) is 3. The lowest BCUT2D eigenvalue weighted by atomic mass is 10.0. The van der Waals surface area contributed by atoms with E-state index in [4.69, 9.17) is 5.73 Å². The van der Waals surface area contributed by atoms with Crippen molar-refractivity contribution in [3.05, 3.63) is 53.0 Å². The van der Waals surface area contributed by atoms with E-state index in [9.17, 15) is 0 Å². The molecule has 104 valence electrons.